The van der Waals surface area contributed by atoms with Crippen molar-refractivity contribution in [3.63, 3.8) is 0 Å². The SMILES string of the molecule is CCCCS(=O)(=O)N[C@@H](C)C(=O)OCC(=O)Nc1cccc(C(C)=O)c1. The molecule has 2 N–H and O–H groups in total. The summed E-state index contributed by atoms with van der Waals surface area (Å²) >= 11 is 0. The molecule has 0 heterocycles. The monoisotopic (exact) mass is 384 g/mol. The van der Waals surface area contributed by atoms with Crippen molar-refractivity contribution in [2.75, 3.05) is 17.7 Å². The van der Waals surface area contributed by atoms with E-state index < -0.39 is 34.5 Å². The van der Waals surface area contributed by atoms with E-state index in [2.05, 4.69) is 10.0 Å². The Morgan fingerprint density at radius 3 is 2.54 bits per heavy atom. The number of carbonyl (C=O) groups excluding carboxylic acids is 3. The van der Waals surface area contributed by atoms with Crippen LogP contribution >= 0.6 is 0 Å². The van der Waals surface area contributed by atoms with Crippen LogP contribution in [0.25, 0.3) is 0 Å². The molecule has 0 saturated carbocycles. The quantitative estimate of drug-likeness (QED) is 0.466. The van der Waals surface area contributed by atoms with Crippen LogP contribution in [0.1, 0.15) is 44.0 Å². The molecular weight excluding hydrogens is 360 g/mol. The van der Waals surface area contributed by atoms with Crippen molar-refractivity contribution >= 4 is 33.4 Å². The molecule has 0 aliphatic heterocycles. The highest BCUT2D eigenvalue weighted by Gasteiger charge is 2.21. The number of rotatable bonds is 10. The van der Waals surface area contributed by atoms with Crippen LogP contribution in [0, 0.1) is 0 Å². The number of ketones is 1. The zero-order chi connectivity index (χ0) is 19.7. The minimum Gasteiger partial charge on any atom is -0.454 e. The van der Waals surface area contributed by atoms with Gasteiger partial charge in [0.1, 0.15) is 6.04 Å². The van der Waals surface area contributed by atoms with E-state index in [0.29, 0.717) is 24.1 Å². The van der Waals surface area contributed by atoms with E-state index in [1.807, 2.05) is 6.92 Å². The van der Waals surface area contributed by atoms with E-state index in [4.69, 9.17) is 4.74 Å². The van der Waals surface area contributed by atoms with Gasteiger partial charge in [0.25, 0.3) is 5.91 Å². The van der Waals surface area contributed by atoms with Crippen LogP contribution < -0.4 is 10.0 Å². The summed E-state index contributed by atoms with van der Waals surface area (Å²) in [5, 5.41) is 2.50. The second-order valence-corrected chi connectivity index (χ2v) is 7.68. The smallest absolute Gasteiger partial charge is 0.324 e. The van der Waals surface area contributed by atoms with Gasteiger partial charge in [-0.2, -0.15) is 0 Å². The number of benzene rings is 1. The summed E-state index contributed by atoms with van der Waals surface area (Å²) in [4.78, 5) is 35.0. The van der Waals surface area contributed by atoms with Crippen molar-refractivity contribution in [1.82, 2.24) is 4.72 Å². The normalized spacial score (nSPS) is 12.3. The maximum Gasteiger partial charge on any atom is 0.324 e. The van der Waals surface area contributed by atoms with E-state index in [-0.39, 0.29) is 11.5 Å². The molecule has 144 valence electrons. The van der Waals surface area contributed by atoms with Gasteiger partial charge in [-0.1, -0.05) is 25.5 Å². The molecule has 0 radical (unpaired) electrons. The Labute approximate surface area is 153 Å². The van der Waals surface area contributed by atoms with Crippen molar-refractivity contribution in [3.8, 4) is 0 Å². The molecule has 1 atom stereocenters. The third-order valence-corrected chi connectivity index (χ3v) is 4.91. The zero-order valence-corrected chi connectivity index (χ0v) is 15.9. The van der Waals surface area contributed by atoms with Gasteiger partial charge < -0.3 is 10.1 Å². The second kappa shape index (κ2) is 10.0. The molecule has 0 aliphatic carbocycles. The van der Waals surface area contributed by atoms with Gasteiger partial charge in [-0.15, -0.1) is 0 Å². The zero-order valence-electron chi connectivity index (χ0n) is 15.1. The third-order valence-electron chi connectivity index (χ3n) is 3.37. The largest absolute Gasteiger partial charge is 0.454 e. The van der Waals surface area contributed by atoms with Gasteiger partial charge in [-0.3, -0.25) is 14.4 Å². The molecule has 26 heavy (non-hydrogen) atoms. The third kappa shape index (κ3) is 7.75. The van der Waals surface area contributed by atoms with Crippen LogP contribution in [0.4, 0.5) is 5.69 Å². The van der Waals surface area contributed by atoms with Crippen LogP contribution in [-0.2, 0) is 24.3 Å². The van der Waals surface area contributed by atoms with Crippen molar-refractivity contribution in [1.29, 1.82) is 0 Å². The number of hydrogen-bond donors (Lipinski definition) is 2. The lowest BCUT2D eigenvalue weighted by atomic mass is 10.1. The number of carbonyl (C=O) groups is 3. The minimum atomic E-state index is -3.57. The fourth-order valence-electron chi connectivity index (χ4n) is 1.99. The van der Waals surface area contributed by atoms with Crippen LogP contribution in [0.5, 0.6) is 0 Å². The van der Waals surface area contributed by atoms with Gasteiger partial charge in [0, 0.05) is 11.3 Å². The van der Waals surface area contributed by atoms with Gasteiger partial charge in [0.15, 0.2) is 12.4 Å². The van der Waals surface area contributed by atoms with Crippen LogP contribution in [0.15, 0.2) is 24.3 Å². The van der Waals surface area contributed by atoms with Crippen LogP contribution in [0.2, 0.25) is 0 Å². The number of Topliss-reactive ketones (excluding diaryl/α,β-unsaturated/α-hetero) is 1. The Hall–Kier alpha value is -2.26. The van der Waals surface area contributed by atoms with Gasteiger partial charge in [0.2, 0.25) is 10.0 Å². The summed E-state index contributed by atoms with van der Waals surface area (Å²) in [6, 6.07) is 5.24. The summed E-state index contributed by atoms with van der Waals surface area (Å²) in [5.74, 6) is -1.66. The second-order valence-electron chi connectivity index (χ2n) is 5.80. The van der Waals surface area contributed by atoms with Gasteiger partial charge >= 0.3 is 5.97 Å². The number of esters is 1. The number of anilines is 1. The molecule has 1 amide bonds. The number of hydrogen-bond acceptors (Lipinski definition) is 6. The minimum absolute atomic E-state index is 0.0753. The summed E-state index contributed by atoms with van der Waals surface area (Å²) in [6.45, 7) is 4.05. The molecule has 0 fully saturated rings. The topological polar surface area (TPSA) is 119 Å². The lowest BCUT2D eigenvalue weighted by Crippen LogP contribution is -2.41. The molecule has 0 aromatic heterocycles. The molecule has 1 rings (SSSR count). The molecule has 1 aromatic carbocycles. The predicted octanol–water partition coefficient (Wildman–Crippen LogP) is 1.48. The highest BCUT2D eigenvalue weighted by Crippen LogP contribution is 2.11. The van der Waals surface area contributed by atoms with Crippen molar-refractivity contribution in [2.24, 2.45) is 0 Å². The van der Waals surface area contributed by atoms with Crippen molar-refractivity contribution in [3.05, 3.63) is 29.8 Å². The first-order valence-electron chi connectivity index (χ1n) is 8.22. The molecule has 8 nitrogen and oxygen atoms in total. The molecule has 0 bridgehead atoms. The number of unbranched alkanes of at least 4 members (excludes halogenated alkanes) is 1. The first-order chi connectivity index (χ1) is 12.1. The molecule has 9 heteroatoms. The van der Waals surface area contributed by atoms with E-state index in [0.717, 1.165) is 0 Å². The summed E-state index contributed by atoms with van der Waals surface area (Å²) in [7, 11) is -3.57. The number of ether oxygens (including phenoxy) is 1. The maximum absolute atomic E-state index is 11.8. The van der Waals surface area contributed by atoms with Gasteiger partial charge in [-0.25, -0.2) is 13.1 Å². The Morgan fingerprint density at radius 1 is 1.23 bits per heavy atom. The summed E-state index contributed by atoms with van der Waals surface area (Å²) in [5.41, 5.74) is 0.835. The molecule has 0 spiro atoms. The predicted molar refractivity (Wildman–Crippen MR) is 97.3 cm³/mol. The van der Waals surface area contributed by atoms with E-state index in [9.17, 15) is 22.8 Å². The molecule has 0 saturated heterocycles. The highest BCUT2D eigenvalue weighted by molar-refractivity contribution is 7.89. The van der Waals surface area contributed by atoms with E-state index in [1.54, 1.807) is 18.2 Å². The summed E-state index contributed by atoms with van der Waals surface area (Å²) < 4.78 is 30.5. The summed E-state index contributed by atoms with van der Waals surface area (Å²) in [6.07, 6.45) is 1.20. The number of sulfonamides is 1. The molecule has 0 aliphatic rings. The fraction of sp³-hybridized carbons (Fsp3) is 0.471. The Balaban J connectivity index is 2.50. The Bertz CT molecular complexity index is 760. The lowest BCUT2D eigenvalue weighted by molar-refractivity contribution is -0.148. The Kier molecular flexibility index (Phi) is 8.40. The van der Waals surface area contributed by atoms with E-state index >= 15 is 0 Å². The number of amides is 1. The van der Waals surface area contributed by atoms with Crippen LogP contribution in [-0.4, -0.2) is 44.5 Å². The average Bonchev–Trinajstić information content (AvgIpc) is 2.57. The standard InChI is InChI=1S/C17H24N2O6S/c1-4-5-9-26(23,24)19-12(2)17(22)25-11-16(21)18-15-8-6-7-14(10-15)13(3)20/h6-8,10,12,19H,4-5,9,11H2,1-3H3,(H,18,21)/t12-/m0/s1. The molecular formula is C17H24N2O6S. The maximum atomic E-state index is 11.8. The molecule has 1 aromatic rings. The van der Waals surface area contributed by atoms with Gasteiger partial charge in [0.05, 0.1) is 5.75 Å². The highest BCUT2D eigenvalue weighted by atomic mass is 32.2. The van der Waals surface area contributed by atoms with Gasteiger partial charge in [-0.05, 0) is 32.4 Å². The first-order valence-corrected chi connectivity index (χ1v) is 9.87. The first kappa shape index (κ1) is 21.8. The average molecular weight is 384 g/mol. The van der Waals surface area contributed by atoms with Crippen molar-refractivity contribution in [2.45, 2.75) is 39.7 Å². The Morgan fingerprint density at radius 2 is 1.92 bits per heavy atom. The fourth-order valence-corrected chi connectivity index (χ4v) is 3.41. The van der Waals surface area contributed by atoms with E-state index in [1.165, 1.54) is 19.9 Å². The number of nitrogens with one attached hydrogen (secondary N) is 2. The van der Waals surface area contributed by atoms with Crippen LogP contribution in [0.3, 0.4) is 0 Å². The van der Waals surface area contributed by atoms with Crippen molar-refractivity contribution < 1.29 is 27.5 Å². The lowest BCUT2D eigenvalue weighted by Gasteiger charge is -2.13. The molecule has 0 unspecified atom stereocenters.